The van der Waals surface area contributed by atoms with Crippen LogP contribution in [-0.4, -0.2) is 31.5 Å². The first-order chi connectivity index (χ1) is 4.66. The van der Waals surface area contributed by atoms with Crippen molar-refractivity contribution < 1.29 is 8.78 Å². The van der Waals surface area contributed by atoms with Gasteiger partial charge in [0.25, 0.3) is 0 Å². The fourth-order valence-electron chi connectivity index (χ4n) is 0.812. The molecule has 62 valence electrons. The van der Waals surface area contributed by atoms with Crippen molar-refractivity contribution >= 4 is 0 Å². The molecule has 0 radical (unpaired) electrons. The van der Waals surface area contributed by atoms with E-state index in [4.69, 9.17) is 0 Å². The van der Waals surface area contributed by atoms with E-state index in [1.807, 2.05) is 18.9 Å². The summed E-state index contributed by atoms with van der Waals surface area (Å²) >= 11 is 0. The Bertz CT molecular complexity index is 76.0. The smallest absolute Gasteiger partial charge is 0.239 e. The number of hydrogen-bond donors (Lipinski definition) is 0. The third-order valence-electron chi connectivity index (χ3n) is 1.33. The van der Waals surface area contributed by atoms with E-state index in [9.17, 15) is 8.78 Å². The van der Waals surface area contributed by atoms with E-state index >= 15 is 0 Å². The number of halogens is 2. The quantitative estimate of drug-likeness (QED) is 0.580. The maximum absolute atomic E-state index is 11.6. The fourth-order valence-corrected chi connectivity index (χ4v) is 0.812. The minimum atomic E-state index is -2.15. The van der Waals surface area contributed by atoms with Gasteiger partial charge in [0.05, 0.1) is 0 Å². The second-order valence-corrected chi connectivity index (χ2v) is 2.48. The first-order valence-electron chi connectivity index (χ1n) is 3.63. The third kappa shape index (κ3) is 5.95. The molecule has 0 spiro atoms. The van der Waals surface area contributed by atoms with Crippen molar-refractivity contribution in [3.63, 3.8) is 0 Å². The van der Waals surface area contributed by atoms with Crippen molar-refractivity contribution in [2.45, 2.75) is 26.2 Å². The highest BCUT2D eigenvalue weighted by Crippen LogP contribution is 1.99. The molecular weight excluding hydrogens is 136 g/mol. The van der Waals surface area contributed by atoms with Crippen molar-refractivity contribution in [1.29, 1.82) is 0 Å². The van der Waals surface area contributed by atoms with Crippen molar-refractivity contribution in [2.75, 3.05) is 20.1 Å². The average Bonchev–Trinajstić information content (AvgIpc) is 1.85. The van der Waals surface area contributed by atoms with E-state index in [2.05, 4.69) is 0 Å². The highest BCUT2D eigenvalue weighted by atomic mass is 19.3. The van der Waals surface area contributed by atoms with Crippen LogP contribution in [0.5, 0.6) is 0 Å². The van der Waals surface area contributed by atoms with E-state index in [1.54, 1.807) is 0 Å². The normalized spacial score (nSPS) is 11.4. The largest absolute Gasteiger partial charge is 0.306 e. The maximum atomic E-state index is 11.6. The predicted octanol–water partition coefficient (Wildman–Crippen LogP) is 1.98. The van der Waals surface area contributed by atoms with Gasteiger partial charge in [-0.1, -0.05) is 6.92 Å². The number of rotatable bonds is 5. The van der Waals surface area contributed by atoms with Gasteiger partial charge in [-0.25, -0.2) is 8.78 Å². The molecule has 1 nitrogen and oxygen atoms in total. The average molecular weight is 151 g/mol. The van der Waals surface area contributed by atoms with Crippen LogP contribution in [0, 0.1) is 0 Å². The summed E-state index contributed by atoms with van der Waals surface area (Å²) in [4.78, 5) is 1.92. The molecule has 0 aromatic carbocycles. The lowest BCUT2D eigenvalue weighted by Crippen LogP contribution is -2.21. The summed E-state index contributed by atoms with van der Waals surface area (Å²) in [6.07, 6.45) is -1.13. The molecule has 0 atom stereocenters. The Morgan fingerprint density at radius 2 is 1.90 bits per heavy atom. The van der Waals surface area contributed by atoms with Crippen molar-refractivity contribution in [1.82, 2.24) is 4.90 Å². The maximum Gasteiger partial charge on any atom is 0.239 e. The molecule has 0 aromatic heterocycles. The van der Waals surface area contributed by atoms with Gasteiger partial charge in [-0.2, -0.15) is 0 Å². The van der Waals surface area contributed by atoms with Crippen LogP contribution >= 0.6 is 0 Å². The lowest BCUT2D eigenvalue weighted by Gasteiger charge is -2.14. The molecule has 0 rings (SSSR count). The van der Waals surface area contributed by atoms with Crippen molar-refractivity contribution in [3.05, 3.63) is 0 Å². The topological polar surface area (TPSA) is 3.24 Å². The zero-order chi connectivity index (χ0) is 7.98. The zero-order valence-corrected chi connectivity index (χ0v) is 6.61. The highest BCUT2D eigenvalue weighted by molar-refractivity contribution is 4.50. The molecule has 0 aliphatic heterocycles. The minimum Gasteiger partial charge on any atom is -0.306 e. The molecule has 0 fully saturated rings. The first kappa shape index (κ1) is 9.82. The van der Waals surface area contributed by atoms with Gasteiger partial charge in [0.1, 0.15) is 0 Å². The van der Waals surface area contributed by atoms with Gasteiger partial charge in [0.15, 0.2) is 0 Å². The summed E-state index contributed by atoms with van der Waals surface area (Å²) in [5.41, 5.74) is 0. The van der Waals surface area contributed by atoms with Gasteiger partial charge in [-0.15, -0.1) is 0 Å². The molecule has 3 heteroatoms. The fraction of sp³-hybridized carbons (Fsp3) is 1.00. The molecule has 0 aliphatic carbocycles. The SMILES string of the molecule is CCCN(C)CCC(F)F. The zero-order valence-electron chi connectivity index (χ0n) is 6.61. The predicted molar refractivity (Wildman–Crippen MR) is 38.4 cm³/mol. The Balaban J connectivity index is 3.12. The lowest BCUT2D eigenvalue weighted by molar-refractivity contribution is 0.121. The monoisotopic (exact) mass is 151 g/mol. The summed E-state index contributed by atoms with van der Waals surface area (Å²) < 4.78 is 23.2. The van der Waals surface area contributed by atoms with Crippen LogP contribution in [0.1, 0.15) is 19.8 Å². The van der Waals surface area contributed by atoms with Crippen LogP contribution < -0.4 is 0 Å². The van der Waals surface area contributed by atoms with E-state index < -0.39 is 6.43 Å². The molecule has 10 heavy (non-hydrogen) atoms. The molecule has 0 aliphatic rings. The Labute approximate surface area is 61.0 Å². The molecule has 0 amide bonds. The second kappa shape index (κ2) is 5.59. The molecule has 0 heterocycles. The van der Waals surface area contributed by atoms with E-state index in [-0.39, 0.29) is 6.42 Å². The van der Waals surface area contributed by atoms with Crippen LogP contribution in [0.4, 0.5) is 8.78 Å². The third-order valence-corrected chi connectivity index (χ3v) is 1.33. The summed E-state index contributed by atoms with van der Waals surface area (Å²) in [5, 5.41) is 0. The van der Waals surface area contributed by atoms with Crippen LogP contribution in [0.2, 0.25) is 0 Å². The number of hydrogen-bond acceptors (Lipinski definition) is 1. The molecular formula is C7H15F2N. The molecule has 0 saturated carbocycles. The van der Waals surface area contributed by atoms with Gasteiger partial charge in [-0.3, -0.25) is 0 Å². The van der Waals surface area contributed by atoms with Gasteiger partial charge < -0.3 is 4.90 Å². The van der Waals surface area contributed by atoms with Gasteiger partial charge in [-0.05, 0) is 20.0 Å². The Hall–Kier alpha value is -0.180. The highest BCUT2D eigenvalue weighted by Gasteiger charge is 2.03. The molecule has 0 bridgehead atoms. The summed E-state index contributed by atoms with van der Waals surface area (Å²) in [5.74, 6) is 0. The van der Waals surface area contributed by atoms with E-state index in [0.717, 1.165) is 13.0 Å². The van der Waals surface area contributed by atoms with Gasteiger partial charge in [0, 0.05) is 13.0 Å². The minimum absolute atomic E-state index is 0.00347. The second-order valence-electron chi connectivity index (χ2n) is 2.48. The van der Waals surface area contributed by atoms with Crippen LogP contribution in [0.25, 0.3) is 0 Å². The lowest BCUT2D eigenvalue weighted by atomic mass is 10.4. The van der Waals surface area contributed by atoms with Crippen LogP contribution in [-0.2, 0) is 0 Å². The number of alkyl halides is 2. The van der Waals surface area contributed by atoms with E-state index in [1.165, 1.54) is 0 Å². The van der Waals surface area contributed by atoms with Gasteiger partial charge >= 0.3 is 0 Å². The van der Waals surface area contributed by atoms with Gasteiger partial charge in [0.2, 0.25) is 6.43 Å². The molecule has 0 N–H and O–H groups in total. The number of nitrogens with zero attached hydrogens (tertiary/aromatic N) is 1. The van der Waals surface area contributed by atoms with Crippen molar-refractivity contribution in [3.8, 4) is 0 Å². The molecule has 0 unspecified atom stereocenters. The Morgan fingerprint density at radius 1 is 1.30 bits per heavy atom. The Morgan fingerprint density at radius 3 is 2.30 bits per heavy atom. The first-order valence-corrected chi connectivity index (χ1v) is 3.63. The van der Waals surface area contributed by atoms with Crippen molar-refractivity contribution in [2.24, 2.45) is 0 Å². The summed E-state index contributed by atoms with van der Waals surface area (Å²) in [6, 6.07) is 0. The summed E-state index contributed by atoms with van der Waals surface area (Å²) in [7, 11) is 1.87. The van der Waals surface area contributed by atoms with E-state index in [0.29, 0.717) is 6.54 Å². The standard InChI is InChI=1S/C7H15F2N/c1-3-5-10(2)6-4-7(8)9/h7H,3-6H2,1-2H3. The summed E-state index contributed by atoms with van der Waals surface area (Å²) in [6.45, 7) is 3.46. The molecule has 0 saturated heterocycles. The molecule has 0 aromatic rings. The van der Waals surface area contributed by atoms with Crippen LogP contribution in [0.3, 0.4) is 0 Å². The Kier molecular flexibility index (Phi) is 5.49. The van der Waals surface area contributed by atoms with Crippen LogP contribution in [0.15, 0.2) is 0 Å².